The molecule has 4 aliphatic rings. The number of para-hydroxylation sites is 1. The Morgan fingerprint density at radius 1 is 1.00 bits per heavy atom. The van der Waals surface area contributed by atoms with Crippen LogP contribution in [0.25, 0.3) is 0 Å². The molecule has 3 fully saturated rings. The van der Waals surface area contributed by atoms with E-state index in [-0.39, 0.29) is 64.0 Å². The number of carbonyl (C=O) groups excluding carboxylic acids is 3. The zero-order valence-electron chi connectivity index (χ0n) is 25.4. The molecule has 4 aromatic rings. The minimum atomic E-state index is -0.416. The summed E-state index contributed by atoms with van der Waals surface area (Å²) in [6.45, 7) is 1.72. The lowest BCUT2D eigenvalue weighted by molar-refractivity contribution is -0.123. The first-order chi connectivity index (χ1) is 22.7. The van der Waals surface area contributed by atoms with Gasteiger partial charge in [0.15, 0.2) is 18.1 Å². The van der Waals surface area contributed by atoms with E-state index in [1.54, 1.807) is 49.2 Å². The van der Waals surface area contributed by atoms with Gasteiger partial charge in [-0.05, 0) is 84.7 Å². The van der Waals surface area contributed by atoms with Crippen LogP contribution in [0.4, 0.5) is 11.4 Å². The lowest BCUT2D eigenvalue weighted by Gasteiger charge is -2.43. The molecule has 3 aromatic carbocycles. The van der Waals surface area contributed by atoms with Gasteiger partial charge in [-0.2, -0.15) is 0 Å². The molecule has 0 unspecified atom stereocenters. The maximum Gasteiger partial charge on any atom is 0.305 e. The highest BCUT2D eigenvalue weighted by molar-refractivity contribution is 8.00. The predicted octanol–water partition coefficient (Wildman–Crippen LogP) is 6.10. The average Bonchev–Trinajstić information content (AvgIpc) is 3.80. The molecular weight excluding hydrogens is 658 g/mol. The number of aryl methyl sites for hydroxylation is 1. The minimum Gasteiger partial charge on any atom is -0.493 e. The number of ether oxygens (including phenoxy) is 2. The van der Waals surface area contributed by atoms with Gasteiger partial charge in [0, 0.05) is 26.8 Å². The van der Waals surface area contributed by atoms with E-state index in [0.717, 1.165) is 33.1 Å². The summed E-state index contributed by atoms with van der Waals surface area (Å²) >= 11 is 8.93. The van der Waals surface area contributed by atoms with Gasteiger partial charge < -0.3 is 19.8 Å². The van der Waals surface area contributed by atoms with Crippen LogP contribution in [-0.2, 0) is 14.4 Å². The van der Waals surface area contributed by atoms with Crippen molar-refractivity contribution in [3.63, 3.8) is 0 Å². The second-order valence-corrected chi connectivity index (χ2v) is 15.2. The van der Waals surface area contributed by atoms with Crippen LogP contribution in [0.3, 0.4) is 0 Å². The molecule has 47 heavy (non-hydrogen) atoms. The molecule has 1 saturated heterocycles. The second kappa shape index (κ2) is 11.6. The normalized spacial score (nSPS) is 27.0. The fraction of sp³-hybridized carbons (Fsp3) is 0.314. The topological polar surface area (TPSA) is 118 Å². The van der Waals surface area contributed by atoms with Gasteiger partial charge in [0.05, 0.1) is 29.7 Å². The van der Waals surface area contributed by atoms with Crippen molar-refractivity contribution >= 4 is 63.8 Å². The summed E-state index contributed by atoms with van der Waals surface area (Å²) in [6.07, 6.45) is 0.785. The maximum atomic E-state index is 14.0. The number of benzene rings is 3. The average molecular weight is 688 g/mol. The van der Waals surface area contributed by atoms with E-state index in [1.807, 2.05) is 43.3 Å². The van der Waals surface area contributed by atoms with Crippen LogP contribution < -0.4 is 24.6 Å². The summed E-state index contributed by atoms with van der Waals surface area (Å²) in [5.74, 6) is -0.695. The van der Waals surface area contributed by atoms with Crippen LogP contribution in [0.15, 0.2) is 76.6 Å². The van der Waals surface area contributed by atoms with Crippen LogP contribution >= 0.6 is 34.7 Å². The number of imide groups is 1. The molecule has 2 aliphatic carbocycles. The third-order valence-corrected chi connectivity index (χ3v) is 13.0. The molecule has 0 radical (unpaired) electrons. The second-order valence-electron chi connectivity index (χ2n) is 12.5. The molecule has 2 bridgehead atoms. The van der Waals surface area contributed by atoms with Gasteiger partial charge >= 0.3 is 4.87 Å². The third-order valence-electron chi connectivity index (χ3n) is 10.1. The van der Waals surface area contributed by atoms with Crippen molar-refractivity contribution in [2.45, 2.75) is 29.5 Å². The first-order valence-corrected chi connectivity index (χ1v) is 17.5. The smallest absolute Gasteiger partial charge is 0.305 e. The Morgan fingerprint density at radius 2 is 1.74 bits per heavy atom. The van der Waals surface area contributed by atoms with Crippen molar-refractivity contribution in [3.05, 3.63) is 97.4 Å². The van der Waals surface area contributed by atoms with Crippen molar-refractivity contribution in [2.24, 2.45) is 29.6 Å². The molecule has 8 rings (SSSR count). The van der Waals surface area contributed by atoms with Crippen molar-refractivity contribution in [1.82, 2.24) is 4.98 Å². The number of nitrogens with one attached hydrogen (secondary N) is 2. The summed E-state index contributed by atoms with van der Waals surface area (Å²) in [7, 11) is 1.55. The van der Waals surface area contributed by atoms with Gasteiger partial charge in [-0.25, -0.2) is 0 Å². The lowest BCUT2D eigenvalue weighted by Crippen LogP contribution is -2.42. The van der Waals surface area contributed by atoms with Crippen LogP contribution in [0.1, 0.15) is 28.3 Å². The van der Waals surface area contributed by atoms with Crippen molar-refractivity contribution < 1.29 is 23.9 Å². The number of methoxy groups -OCH3 is 1. The first-order valence-electron chi connectivity index (χ1n) is 15.4. The van der Waals surface area contributed by atoms with E-state index in [9.17, 15) is 19.2 Å². The van der Waals surface area contributed by atoms with Crippen molar-refractivity contribution in [1.29, 1.82) is 0 Å². The first kappa shape index (κ1) is 30.3. The summed E-state index contributed by atoms with van der Waals surface area (Å²) < 4.78 is 11.6. The highest BCUT2D eigenvalue weighted by Gasteiger charge is 2.69. The van der Waals surface area contributed by atoms with Gasteiger partial charge in [0.2, 0.25) is 11.8 Å². The number of hydrogen-bond acceptors (Lipinski definition) is 8. The maximum absolute atomic E-state index is 14.0. The van der Waals surface area contributed by atoms with Gasteiger partial charge in [0.1, 0.15) is 0 Å². The number of amides is 3. The number of thiazole rings is 1. The number of fused-ring (bicyclic) bond motifs is 9. The Kier molecular flexibility index (Phi) is 7.46. The molecule has 3 amide bonds. The molecule has 2 aliphatic heterocycles. The molecule has 1 aromatic heterocycles. The van der Waals surface area contributed by atoms with Crippen LogP contribution in [0.2, 0.25) is 5.02 Å². The zero-order valence-corrected chi connectivity index (χ0v) is 27.8. The Bertz CT molecular complexity index is 1990. The predicted molar refractivity (Wildman–Crippen MR) is 181 cm³/mol. The van der Waals surface area contributed by atoms with Crippen LogP contribution in [-0.4, -0.2) is 41.7 Å². The molecule has 240 valence electrons. The van der Waals surface area contributed by atoms with Crippen LogP contribution in [0, 0.1) is 36.5 Å². The molecule has 0 spiro atoms. The quantitative estimate of drug-likeness (QED) is 0.226. The van der Waals surface area contributed by atoms with Gasteiger partial charge in [-0.15, -0.1) is 11.8 Å². The van der Waals surface area contributed by atoms with Gasteiger partial charge in [-0.3, -0.25) is 24.1 Å². The van der Waals surface area contributed by atoms with E-state index in [0.29, 0.717) is 22.2 Å². The molecule has 9 nitrogen and oxygen atoms in total. The molecule has 2 N–H and O–H groups in total. The lowest BCUT2D eigenvalue weighted by atomic mass is 9.68. The van der Waals surface area contributed by atoms with Crippen LogP contribution in [0.5, 0.6) is 11.5 Å². The number of anilines is 2. The fourth-order valence-corrected chi connectivity index (χ4v) is 11.3. The largest absolute Gasteiger partial charge is 0.493 e. The summed E-state index contributed by atoms with van der Waals surface area (Å²) in [6, 6.07) is 20.0. The van der Waals surface area contributed by atoms with Crippen molar-refractivity contribution in [2.75, 3.05) is 23.9 Å². The van der Waals surface area contributed by atoms with E-state index in [1.165, 1.54) is 16.2 Å². The Morgan fingerprint density at radius 3 is 2.49 bits per heavy atom. The zero-order chi connectivity index (χ0) is 32.6. The fourth-order valence-electron chi connectivity index (χ4n) is 8.27. The van der Waals surface area contributed by atoms with Gasteiger partial charge in [-0.1, -0.05) is 47.2 Å². The highest BCUT2D eigenvalue weighted by atomic mass is 35.5. The van der Waals surface area contributed by atoms with E-state index < -0.39 is 5.92 Å². The van der Waals surface area contributed by atoms with Gasteiger partial charge in [0.25, 0.3) is 5.91 Å². The number of hydrogen-bond donors (Lipinski definition) is 2. The summed E-state index contributed by atoms with van der Waals surface area (Å²) in [4.78, 5) is 58.4. The monoisotopic (exact) mass is 687 g/mol. The Labute approximate surface area is 283 Å². The summed E-state index contributed by atoms with van der Waals surface area (Å²) in [5, 5.41) is 4.30. The number of nitrogens with zero attached hydrogens (tertiary/aromatic N) is 1. The standard InChI is InChI=1S/C35H30ClN3O6S2/c1-16-5-3-4-6-22(16)37-25(40)15-45-23-12-7-17(13-24(23)44-2)26-27-20-14-21(30(27)46-32-31(26)47-35(43)38-32)29-28(20)33(41)39(34(29)42)19-10-8-18(36)9-11-19/h3-13,20-21,26-30H,14-15H2,1-2H3,(H,37,40)(H,38,43)/t20-,21-,26+,27-,28+,29+,30-/m1/s1. The SMILES string of the molecule is COc1cc([C@@H]2c3sc(=O)[nH]c3S[C@@H]3[C@@H]4C[C@@H]([C@@H]5C(=O)N(c6ccc(Cl)cc6)C(=O)[C@@H]45)[C@H]23)ccc1OCC(=O)Nc1ccccc1C. The number of rotatable bonds is 7. The summed E-state index contributed by atoms with van der Waals surface area (Å²) in [5.41, 5.74) is 3.15. The third kappa shape index (κ3) is 4.89. The number of carbonyl (C=O) groups is 3. The molecule has 2 saturated carbocycles. The molecule has 7 atom stereocenters. The van der Waals surface area contributed by atoms with Crippen molar-refractivity contribution in [3.8, 4) is 11.5 Å². The van der Waals surface area contributed by atoms with E-state index >= 15 is 0 Å². The number of aromatic amines is 1. The number of H-pyrrole nitrogens is 1. The molecular formula is C35H30ClN3O6S2. The molecule has 12 heteroatoms. The number of thioether (sulfide) groups is 1. The number of aromatic nitrogens is 1. The minimum absolute atomic E-state index is 0.00377. The highest BCUT2D eigenvalue weighted by Crippen LogP contribution is 2.68. The Balaban J connectivity index is 1.09. The Hall–Kier alpha value is -4.06. The van der Waals surface area contributed by atoms with E-state index in [4.69, 9.17) is 21.1 Å². The molecule has 3 heterocycles. The number of halogens is 1. The van der Waals surface area contributed by atoms with E-state index in [2.05, 4.69) is 10.3 Å².